The Labute approximate surface area is 116 Å². The predicted octanol–water partition coefficient (Wildman–Crippen LogP) is 2.72. The van der Waals surface area contributed by atoms with E-state index in [1.165, 1.54) is 5.57 Å². The zero-order chi connectivity index (χ0) is 14.0. The second-order valence-electron chi connectivity index (χ2n) is 5.47. The summed E-state index contributed by atoms with van der Waals surface area (Å²) in [4.78, 5) is 0. The maximum atomic E-state index is 12.4. The minimum Gasteiger partial charge on any atom is -0.212 e. The Morgan fingerprint density at radius 3 is 2.63 bits per heavy atom. The average molecular weight is 279 g/mol. The van der Waals surface area contributed by atoms with Gasteiger partial charge in [-0.3, -0.25) is 0 Å². The zero-order valence-corrected chi connectivity index (χ0v) is 12.6. The van der Waals surface area contributed by atoms with Crippen LogP contribution in [-0.2, 0) is 15.8 Å². The van der Waals surface area contributed by atoms with E-state index in [9.17, 15) is 8.42 Å². The van der Waals surface area contributed by atoms with Crippen LogP contribution in [0.3, 0.4) is 0 Å². The summed E-state index contributed by atoms with van der Waals surface area (Å²) < 4.78 is 26.3. The summed E-state index contributed by atoms with van der Waals surface area (Å²) in [5.74, 6) is 0.507. The largest absolute Gasteiger partial charge is 0.218 e. The molecule has 0 saturated heterocycles. The second-order valence-corrected chi connectivity index (χ2v) is 7.44. The van der Waals surface area contributed by atoms with Crippen molar-refractivity contribution in [1.29, 1.82) is 0 Å². The van der Waals surface area contributed by atoms with Crippen molar-refractivity contribution in [3.8, 4) is 0 Å². The highest BCUT2D eigenvalue weighted by atomic mass is 32.2. The number of benzene rings is 1. The predicted molar refractivity (Wildman–Crippen MR) is 78.3 cm³/mol. The quantitative estimate of drug-likeness (QED) is 0.795. The first-order valence-electron chi connectivity index (χ1n) is 6.61. The summed E-state index contributed by atoms with van der Waals surface area (Å²) in [6.45, 7) is 7.24. The Morgan fingerprint density at radius 1 is 1.32 bits per heavy atom. The van der Waals surface area contributed by atoms with Gasteiger partial charge in [0.1, 0.15) is 0 Å². The Hall–Kier alpha value is -1.13. The molecule has 0 amide bonds. The first kappa shape index (κ1) is 14.3. The number of hydrogen-bond donors (Lipinski definition) is 0. The van der Waals surface area contributed by atoms with Gasteiger partial charge in [-0.1, -0.05) is 55.3 Å². The maximum absolute atomic E-state index is 12.4. The molecule has 0 saturated carbocycles. The molecule has 0 N–H and O–H groups in total. The smallest absolute Gasteiger partial charge is 0.212 e. The maximum Gasteiger partial charge on any atom is 0.218 e. The highest BCUT2D eigenvalue weighted by molar-refractivity contribution is 7.88. The van der Waals surface area contributed by atoms with Crippen LogP contribution in [0.15, 0.2) is 35.9 Å². The number of rotatable bonds is 4. The van der Waals surface area contributed by atoms with Crippen LogP contribution in [0.25, 0.3) is 0 Å². The highest BCUT2D eigenvalue weighted by Gasteiger charge is 2.27. The third kappa shape index (κ3) is 3.45. The van der Waals surface area contributed by atoms with E-state index in [1.807, 2.05) is 37.3 Å². The molecule has 1 aliphatic heterocycles. The van der Waals surface area contributed by atoms with Crippen LogP contribution < -0.4 is 0 Å². The van der Waals surface area contributed by atoms with E-state index in [-0.39, 0.29) is 5.75 Å². The molecule has 0 radical (unpaired) electrons. The molecule has 19 heavy (non-hydrogen) atoms. The fourth-order valence-electron chi connectivity index (χ4n) is 2.29. The normalized spacial score (nSPS) is 16.9. The molecule has 104 valence electrons. The summed E-state index contributed by atoms with van der Waals surface area (Å²) in [5, 5.41) is 0. The second kappa shape index (κ2) is 5.47. The van der Waals surface area contributed by atoms with Crippen molar-refractivity contribution in [2.75, 3.05) is 13.1 Å². The summed E-state index contributed by atoms with van der Waals surface area (Å²) >= 11 is 0. The van der Waals surface area contributed by atoms with Crippen LogP contribution in [0.5, 0.6) is 0 Å². The van der Waals surface area contributed by atoms with E-state index in [4.69, 9.17) is 0 Å². The van der Waals surface area contributed by atoms with Crippen molar-refractivity contribution in [2.45, 2.75) is 26.5 Å². The topological polar surface area (TPSA) is 37.4 Å². The Morgan fingerprint density at radius 2 is 2.05 bits per heavy atom. The molecule has 0 fully saturated rings. The van der Waals surface area contributed by atoms with Gasteiger partial charge in [-0.2, -0.15) is 4.31 Å². The van der Waals surface area contributed by atoms with Gasteiger partial charge in [0.15, 0.2) is 0 Å². The molecule has 0 spiro atoms. The van der Waals surface area contributed by atoms with Gasteiger partial charge in [0.2, 0.25) is 10.0 Å². The molecule has 0 aliphatic carbocycles. The molecule has 1 aromatic carbocycles. The molecule has 0 unspecified atom stereocenters. The summed E-state index contributed by atoms with van der Waals surface area (Å²) in [7, 11) is -3.22. The fourth-order valence-corrected chi connectivity index (χ4v) is 3.72. The number of nitrogens with zero attached hydrogens (tertiary/aromatic N) is 1. The fraction of sp³-hybridized carbons (Fsp3) is 0.467. The molecule has 4 heteroatoms. The Balaban J connectivity index is 2.09. The van der Waals surface area contributed by atoms with Crippen molar-refractivity contribution in [2.24, 2.45) is 5.92 Å². The van der Waals surface area contributed by atoms with Crippen molar-refractivity contribution in [3.63, 3.8) is 0 Å². The molecule has 1 heterocycles. The van der Waals surface area contributed by atoms with E-state index in [0.717, 1.165) is 11.1 Å². The van der Waals surface area contributed by atoms with E-state index >= 15 is 0 Å². The minimum atomic E-state index is -3.22. The lowest BCUT2D eigenvalue weighted by Gasteiger charge is -2.17. The summed E-state index contributed by atoms with van der Waals surface area (Å²) in [6.07, 6.45) is 2.04. The van der Waals surface area contributed by atoms with Gasteiger partial charge in [-0.15, -0.1) is 0 Å². The van der Waals surface area contributed by atoms with E-state index in [0.29, 0.717) is 19.0 Å². The van der Waals surface area contributed by atoms with E-state index in [2.05, 4.69) is 13.8 Å². The Kier molecular flexibility index (Phi) is 4.11. The third-order valence-electron chi connectivity index (χ3n) is 3.48. The van der Waals surface area contributed by atoms with Crippen molar-refractivity contribution in [3.05, 3.63) is 47.0 Å². The molecule has 0 bridgehead atoms. The monoisotopic (exact) mass is 279 g/mol. The summed E-state index contributed by atoms with van der Waals surface area (Å²) in [5.41, 5.74) is 3.17. The Bertz CT molecular complexity index is 588. The molecule has 1 aliphatic rings. The molecule has 0 aromatic heterocycles. The van der Waals surface area contributed by atoms with Crippen LogP contribution in [0, 0.1) is 12.8 Å². The minimum absolute atomic E-state index is 0.0912. The number of sulfonamides is 1. The van der Waals surface area contributed by atoms with Crippen LogP contribution in [-0.4, -0.2) is 25.8 Å². The van der Waals surface area contributed by atoms with Crippen molar-refractivity contribution in [1.82, 2.24) is 4.31 Å². The van der Waals surface area contributed by atoms with Crippen LogP contribution in [0.2, 0.25) is 0 Å². The molecule has 1 aromatic rings. The van der Waals surface area contributed by atoms with Crippen LogP contribution in [0.4, 0.5) is 0 Å². The lowest BCUT2D eigenvalue weighted by molar-refractivity contribution is 0.477. The first-order valence-corrected chi connectivity index (χ1v) is 8.21. The van der Waals surface area contributed by atoms with Crippen LogP contribution >= 0.6 is 0 Å². The molecule has 0 atom stereocenters. The number of aryl methyl sites for hydroxylation is 1. The van der Waals surface area contributed by atoms with Gasteiger partial charge in [0.05, 0.1) is 5.75 Å². The van der Waals surface area contributed by atoms with Gasteiger partial charge in [0.25, 0.3) is 0 Å². The van der Waals surface area contributed by atoms with Gasteiger partial charge in [-0.25, -0.2) is 8.42 Å². The third-order valence-corrected chi connectivity index (χ3v) is 5.25. The zero-order valence-electron chi connectivity index (χ0n) is 11.8. The van der Waals surface area contributed by atoms with Gasteiger partial charge >= 0.3 is 0 Å². The standard InChI is InChI=1S/C15H21NO2S/c1-12(2)15-7-8-16(10-15)19(17,18)11-14-6-4-5-13(3)9-14/h4-7,9,12H,8,10-11H2,1-3H3. The van der Waals surface area contributed by atoms with Crippen molar-refractivity contribution >= 4 is 10.0 Å². The molecular formula is C15H21NO2S. The molecular weight excluding hydrogens is 258 g/mol. The lowest BCUT2D eigenvalue weighted by Crippen LogP contribution is -2.30. The summed E-state index contributed by atoms with van der Waals surface area (Å²) in [6, 6.07) is 7.69. The van der Waals surface area contributed by atoms with E-state index in [1.54, 1.807) is 4.31 Å². The SMILES string of the molecule is Cc1cccc(CS(=O)(=O)N2CC=C(C(C)C)C2)c1. The van der Waals surface area contributed by atoms with Gasteiger partial charge in [0, 0.05) is 13.1 Å². The number of hydrogen-bond acceptors (Lipinski definition) is 2. The van der Waals surface area contributed by atoms with Crippen LogP contribution in [0.1, 0.15) is 25.0 Å². The first-order chi connectivity index (χ1) is 8.88. The molecule has 3 nitrogen and oxygen atoms in total. The highest BCUT2D eigenvalue weighted by Crippen LogP contribution is 2.22. The van der Waals surface area contributed by atoms with E-state index < -0.39 is 10.0 Å². The average Bonchev–Trinajstić information content (AvgIpc) is 2.78. The van der Waals surface area contributed by atoms with Crippen molar-refractivity contribution < 1.29 is 8.42 Å². The van der Waals surface area contributed by atoms with Gasteiger partial charge < -0.3 is 0 Å². The molecule has 2 rings (SSSR count). The lowest BCUT2D eigenvalue weighted by atomic mass is 10.1. The van der Waals surface area contributed by atoms with Gasteiger partial charge in [-0.05, 0) is 18.4 Å².